The topological polar surface area (TPSA) is 78.3 Å². The predicted molar refractivity (Wildman–Crippen MR) is 53.9 cm³/mol. The van der Waals surface area contributed by atoms with Crippen LogP contribution in [0.3, 0.4) is 0 Å². The first-order chi connectivity index (χ1) is 7.84. The minimum absolute atomic E-state index is 0.149. The van der Waals surface area contributed by atoms with Crippen LogP contribution in [0, 0.1) is 0 Å². The molecule has 17 heavy (non-hydrogen) atoms. The number of carbonyl (C=O) groups excluding carboxylic acids is 1. The number of primary amides is 1. The van der Waals surface area contributed by atoms with Crippen LogP contribution in [0.5, 0.6) is 0 Å². The molecule has 94 valence electrons. The number of nitrogens with two attached hydrogens (primary N) is 2. The highest BCUT2D eigenvalue weighted by Gasteiger charge is 2.31. The van der Waals surface area contributed by atoms with Crippen LogP contribution in [0.1, 0.15) is 17.2 Å². The van der Waals surface area contributed by atoms with Gasteiger partial charge >= 0.3 is 12.3 Å². The molecule has 0 aliphatic rings. The monoisotopic (exact) mass is 248 g/mol. The Kier molecular flexibility index (Phi) is 3.95. The second-order valence-electron chi connectivity index (χ2n) is 3.28. The SMILES string of the molecule is NCC(OC(N)=O)c1cccc(C(F)(F)F)c1. The van der Waals surface area contributed by atoms with E-state index in [9.17, 15) is 18.0 Å². The number of carbonyl (C=O) groups is 1. The predicted octanol–water partition coefficient (Wildman–Crippen LogP) is 1.80. The van der Waals surface area contributed by atoms with Crippen molar-refractivity contribution in [2.45, 2.75) is 12.3 Å². The van der Waals surface area contributed by atoms with Crippen molar-refractivity contribution >= 4 is 6.09 Å². The summed E-state index contributed by atoms with van der Waals surface area (Å²) in [6.07, 6.45) is -6.52. The third-order valence-corrected chi connectivity index (χ3v) is 2.06. The third kappa shape index (κ3) is 3.63. The molecule has 0 saturated heterocycles. The van der Waals surface area contributed by atoms with Crippen molar-refractivity contribution in [1.29, 1.82) is 0 Å². The van der Waals surface area contributed by atoms with Crippen LogP contribution in [-0.2, 0) is 10.9 Å². The van der Waals surface area contributed by atoms with Gasteiger partial charge in [0.1, 0.15) is 6.10 Å². The molecule has 4 N–H and O–H groups in total. The Labute approximate surface area is 95.3 Å². The molecule has 0 radical (unpaired) electrons. The molecular weight excluding hydrogens is 237 g/mol. The minimum Gasteiger partial charge on any atom is -0.440 e. The van der Waals surface area contributed by atoms with Gasteiger partial charge in [-0.2, -0.15) is 13.2 Å². The van der Waals surface area contributed by atoms with E-state index in [2.05, 4.69) is 4.74 Å². The molecule has 0 aromatic heterocycles. The number of alkyl halides is 3. The number of hydrogen-bond acceptors (Lipinski definition) is 3. The van der Waals surface area contributed by atoms with Crippen molar-refractivity contribution in [2.75, 3.05) is 6.54 Å². The van der Waals surface area contributed by atoms with Crippen LogP contribution >= 0.6 is 0 Å². The van der Waals surface area contributed by atoms with E-state index in [0.717, 1.165) is 12.1 Å². The maximum Gasteiger partial charge on any atom is 0.416 e. The van der Waals surface area contributed by atoms with Gasteiger partial charge in [-0.05, 0) is 17.7 Å². The summed E-state index contributed by atoms with van der Waals surface area (Å²) >= 11 is 0. The second kappa shape index (κ2) is 5.05. The second-order valence-corrected chi connectivity index (χ2v) is 3.28. The summed E-state index contributed by atoms with van der Waals surface area (Å²) in [6, 6.07) is 4.39. The van der Waals surface area contributed by atoms with E-state index in [1.165, 1.54) is 12.1 Å². The average Bonchev–Trinajstić information content (AvgIpc) is 2.24. The summed E-state index contributed by atoms with van der Waals surface area (Å²) in [4.78, 5) is 10.5. The molecule has 1 aromatic rings. The van der Waals surface area contributed by atoms with E-state index >= 15 is 0 Å². The van der Waals surface area contributed by atoms with E-state index in [-0.39, 0.29) is 12.1 Å². The zero-order valence-electron chi connectivity index (χ0n) is 8.70. The molecule has 0 saturated carbocycles. The lowest BCUT2D eigenvalue weighted by Gasteiger charge is -2.16. The summed E-state index contributed by atoms with van der Waals surface area (Å²) in [6.45, 7) is -0.149. The van der Waals surface area contributed by atoms with E-state index in [1.54, 1.807) is 0 Å². The average molecular weight is 248 g/mol. The van der Waals surface area contributed by atoms with Gasteiger partial charge in [0.2, 0.25) is 0 Å². The van der Waals surface area contributed by atoms with Gasteiger partial charge in [0, 0.05) is 6.54 Å². The molecular formula is C10H11F3N2O2. The molecule has 0 aliphatic heterocycles. The zero-order valence-corrected chi connectivity index (χ0v) is 8.70. The van der Waals surface area contributed by atoms with Crippen LogP contribution in [0.15, 0.2) is 24.3 Å². The van der Waals surface area contributed by atoms with E-state index < -0.39 is 23.9 Å². The van der Waals surface area contributed by atoms with Crippen LogP contribution in [0.4, 0.5) is 18.0 Å². The maximum absolute atomic E-state index is 12.4. The number of halogens is 3. The fraction of sp³-hybridized carbons (Fsp3) is 0.300. The lowest BCUT2D eigenvalue weighted by atomic mass is 10.1. The number of rotatable bonds is 3. The van der Waals surface area contributed by atoms with Crippen molar-refractivity contribution in [3.8, 4) is 0 Å². The van der Waals surface area contributed by atoms with Crippen LogP contribution in [0.2, 0.25) is 0 Å². The van der Waals surface area contributed by atoms with E-state index in [4.69, 9.17) is 11.5 Å². The lowest BCUT2D eigenvalue weighted by Crippen LogP contribution is -2.23. The molecule has 1 rings (SSSR count). The Balaban J connectivity index is 3.01. The van der Waals surface area contributed by atoms with Gasteiger partial charge < -0.3 is 16.2 Å². The summed E-state index contributed by atoms with van der Waals surface area (Å²) in [5.74, 6) is 0. The van der Waals surface area contributed by atoms with E-state index in [0.29, 0.717) is 0 Å². The van der Waals surface area contributed by atoms with Crippen LogP contribution < -0.4 is 11.5 Å². The van der Waals surface area contributed by atoms with Gasteiger partial charge in [-0.1, -0.05) is 12.1 Å². The Bertz CT molecular complexity index is 407. The van der Waals surface area contributed by atoms with E-state index in [1.807, 2.05) is 0 Å². The van der Waals surface area contributed by atoms with Gasteiger partial charge in [0.25, 0.3) is 0 Å². The van der Waals surface area contributed by atoms with Crippen molar-refractivity contribution < 1.29 is 22.7 Å². The zero-order chi connectivity index (χ0) is 13.1. The molecule has 0 spiro atoms. The molecule has 1 aromatic carbocycles. The normalized spacial score (nSPS) is 13.2. The fourth-order valence-corrected chi connectivity index (χ4v) is 1.31. The summed E-state index contributed by atoms with van der Waals surface area (Å²) in [5.41, 5.74) is 9.41. The first-order valence-corrected chi connectivity index (χ1v) is 4.68. The molecule has 7 heteroatoms. The largest absolute Gasteiger partial charge is 0.440 e. The standard InChI is InChI=1S/C10H11F3N2O2/c11-10(12,13)7-3-1-2-6(4-7)8(5-14)17-9(15)16/h1-4,8H,5,14H2,(H2,15,16). The maximum atomic E-state index is 12.4. The highest BCUT2D eigenvalue weighted by Crippen LogP contribution is 2.31. The fourth-order valence-electron chi connectivity index (χ4n) is 1.31. The summed E-state index contributed by atoms with van der Waals surface area (Å²) < 4.78 is 41.9. The molecule has 0 aliphatic carbocycles. The number of hydrogen-bond donors (Lipinski definition) is 2. The minimum atomic E-state index is -4.46. The highest BCUT2D eigenvalue weighted by atomic mass is 19.4. The quantitative estimate of drug-likeness (QED) is 0.856. The van der Waals surface area contributed by atoms with Gasteiger partial charge in [-0.25, -0.2) is 4.79 Å². The Hall–Kier alpha value is -1.76. The molecule has 1 unspecified atom stereocenters. The molecule has 0 bridgehead atoms. The van der Waals surface area contributed by atoms with Gasteiger partial charge in [-0.15, -0.1) is 0 Å². The molecule has 0 fully saturated rings. The molecule has 1 atom stereocenters. The van der Waals surface area contributed by atoms with Crippen molar-refractivity contribution in [1.82, 2.24) is 0 Å². The Morgan fingerprint density at radius 2 is 2.06 bits per heavy atom. The van der Waals surface area contributed by atoms with Gasteiger partial charge in [-0.3, -0.25) is 0 Å². The highest BCUT2D eigenvalue weighted by molar-refractivity contribution is 5.65. The molecule has 0 heterocycles. The van der Waals surface area contributed by atoms with Crippen LogP contribution in [0.25, 0.3) is 0 Å². The van der Waals surface area contributed by atoms with Gasteiger partial charge in [0.15, 0.2) is 0 Å². The first kappa shape index (κ1) is 13.3. The summed E-state index contributed by atoms with van der Waals surface area (Å²) in [5, 5.41) is 0. The number of ether oxygens (including phenoxy) is 1. The van der Waals surface area contributed by atoms with Crippen molar-refractivity contribution in [2.24, 2.45) is 11.5 Å². The number of amides is 1. The smallest absolute Gasteiger partial charge is 0.416 e. The van der Waals surface area contributed by atoms with Gasteiger partial charge in [0.05, 0.1) is 5.56 Å². The Morgan fingerprint density at radius 1 is 1.41 bits per heavy atom. The third-order valence-electron chi connectivity index (χ3n) is 2.06. The molecule has 4 nitrogen and oxygen atoms in total. The molecule has 1 amide bonds. The van der Waals surface area contributed by atoms with Crippen molar-refractivity contribution in [3.63, 3.8) is 0 Å². The summed E-state index contributed by atoms with van der Waals surface area (Å²) in [7, 11) is 0. The van der Waals surface area contributed by atoms with Crippen LogP contribution in [-0.4, -0.2) is 12.6 Å². The first-order valence-electron chi connectivity index (χ1n) is 4.68. The van der Waals surface area contributed by atoms with Crippen molar-refractivity contribution in [3.05, 3.63) is 35.4 Å². The number of benzene rings is 1. The lowest BCUT2D eigenvalue weighted by molar-refractivity contribution is -0.137. The Morgan fingerprint density at radius 3 is 2.53 bits per heavy atom.